The molecule has 0 radical (unpaired) electrons. The van der Waals surface area contributed by atoms with Gasteiger partial charge in [0.15, 0.2) is 5.94 Å². The second-order valence-electron chi connectivity index (χ2n) is 2.03. The molecule has 0 amide bonds. The summed E-state index contributed by atoms with van der Waals surface area (Å²) in [5.74, 6) is 1.76. The fourth-order valence-electron chi connectivity index (χ4n) is 0.941. The first-order valence-electron chi connectivity index (χ1n) is 2.89. The lowest BCUT2D eigenvalue weighted by Gasteiger charge is -1.70. The van der Waals surface area contributed by atoms with Crippen molar-refractivity contribution in [2.24, 2.45) is 4.99 Å². The minimum atomic E-state index is 0.457. The van der Waals surface area contributed by atoms with Crippen LogP contribution in [0.5, 0.6) is 0 Å². The number of aromatic nitrogens is 1. The smallest absolute Gasteiger partial charge is 0.150 e. The van der Waals surface area contributed by atoms with E-state index < -0.39 is 0 Å². The molecule has 48 valence electrons. The van der Waals surface area contributed by atoms with Crippen LogP contribution in [-0.4, -0.2) is 17.1 Å². The van der Waals surface area contributed by atoms with Gasteiger partial charge in [-0.2, -0.15) is 0 Å². The van der Waals surface area contributed by atoms with E-state index in [9.17, 15) is 4.79 Å². The van der Waals surface area contributed by atoms with Crippen LogP contribution in [0, 0.1) is 0 Å². The van der Waals surface area contributed by atoms with E-state index in [-0.39, 0.29) is 0 Å². The molecule has 1 N–H and O–H groups in total. The molecule has 0 fully saturated rings. The monoisotopic (exact) mass is 132 g/mol. The van der Waals surface area contributed by atoms with Crippen LogP contribution in [-0.2, 0) is 4.79 Å². The summed E-state index contributed by atoms with van der Waals surface area (Å²) in [5.41, 5.74) is 0.818. The molecule has 0 spiro atoms. The minimum absolute atomic E-state index is 0.457. The van der Waals surface area contributed by atoms with E-state index in [0.29, 0.717) is 5.35 Å². The molecular weight excluding hydrogens is 128 g/mol. The number of rotatable bonds is 0. The summed E-state index contributed by atoms with van der Waals surface area (Å²) < 4.78 is 0. The Morgan fingerprint density at radius 1 is 1.60 bits per heavy atom. The van der Waals surface area contributed by atoms with E-state index in [2.05, 4.69) is 9.98 Å². The fraction of sp³-hybridized carbons (Fsp3) is 0. The van der Waals surface area contributed by atoms with Crippen molar-refractivity contribution in [3.63, 3.8) is 0 Å². The summed E-state index contributed by atoms with van der Waals surface area (Å²) >= 11 is 0. The van der Waals surface area contributed by atoms with Crippen molar-refractivity contribution in [3.05, 3.63) is 16.8 Å². The van der Waals surface area contributed by atoms with Crippen molar-refractivity contribution >= 4 is 23.9 Å². The lowest BCUT2D eigenvalue weighted by atomic mass is 10.5. The molecule has 3 heteroatoms. The average Bonchev–Trinajstić information content (AvgIpc) is 2.42. The quantitative estimate of drug-likeness (QED) is 0.484. The number of aromatic amines is 1. The van der Waals surface area contributed by atoms with Crippen LogP contribution >= 0.6 is 0 Å². The molecule has 0 bridgehead atoms. The zero-order valence-corrected chi connectivity index (χ0v) is 5.09. The largest absolute Gasteiger partial charge is 0.345 e. The Morgan fingerprint density at radius 3 is 3.20 bits per heavy atom. The summed E-state index contributed by atoms with van der Waals surface area (Å²) in [6.07, 6.45) is 3.51. The van der Waals surface area contributed by atoms with Gasteiger partial charge in [-0.25, -0.2) is 4.79 Å². The highest BCUT2D eigenvalue weighted by atomic mass is 16.1. The van der Waals surface area contributed by atoms with Gasteiger partial charge in [-0.3, -0.25) is 4.99 Å². The molecule has 1 aromatic heterocycles. The number of hydrogen-bond acceptors (Lipinski definition) is 2. The Hall–Kier alpha value is -1.60. The molecule has 2 heterocycles. The first-order valence-corrected chi connectivity index (χ1v) is 2.89. The van der Waals surface area contributed by atoms with Crippen LogP contribution in [0.25, 0.3) is 6.08 Å². The van der Waals surface area contributed by atoms with Crippen molar-refractivity contribution in [2.45, 2.75) is 0 Å². The highest BCUT2D eigenvalue weighted by Gasteiger charge is 1.98. The Bertz CT molecular complexity index is 421. The van der Waals surface area contributed by atoms with Gasteiger partial charge in [-0.05, 0) is 6.08 Å². The highest BCUT2D eigenvalue weighted by Crippen LogP contribution is 2.01. The van der Waals surface area contributed by atoms with Gasteiger partial charge in [-0.15, -0.1) is 0 Å². The van der Waals surface area contributed by atoms with Crippen LogP contribution in [0.1, 0.15) is 0 Å². The molecule has 0 saturated heterocycles. The van der Waals surface area contributed by atoms with Crippen molar-refractivity contribution in [2.75, 3.05) is 0 Å². The molecule has 0 atom stereocenters. The number of aliphatic imine (C=N–C) groups is 1. The molecule has 1 aromatic rings. The molecule has 1 aliphatic heterocycles. The highest BCUT2D eigenvalue weighted by molar-refractivity contribution is 5.96. The molecule has 0 aliphatic carbocycles. The third-order valence-electron chi connectivity index (χ3n) is 1.39. The van der Waals surface area contributed by atoms with Crippen molar-refractivity contribution in [1.82, 2.24) is 4.98 Å². The summed E-state index contributed by atoms with van der Waals surface area (Å²) in [5, 5.41) is 1.34. The Labute approximate surface area is 56.4 Å². The summed E-state index contributed by atoms with van der Waals surface area (Å²) in [7, 11) is 0. The normalized spacial score (nSPS) is 12.4. The SMILES string of the molecule is O=C=c1cc2c([nH]1)=CC=N2. The number of hydrogen-bond donors (Lipinski definition) is 1. The number of H-pyrrole nitrogens is 1. The Balaban J connectivity index is 2.94. The van der Waals surface area contributed by atoms with E-state index in [1.807, 2.05) is 6.08 Å². The van der Waals surface area contributed by atoms with E-state index in [4.69, 9.17) is 0 Å². The number of carbonyl (C=O) groups excluding carboxylic acids is 1. The maximum atomic E-state index is 10.1. The fourth-order valence-corrected chi connectivity index (χ4v) is 0.941. The molecule has 2 rings (SSSR count). The summed E-state index contributed by atoms with van der Waals surface area (Å²) in [6.45, 7) is 0. The van der Waals surface area contributed by atoms with Gasteiger partial charge in [0.2, 0.25) is 0 Å². The molecule has 10 heavy (non-hydrogen) atoms. The number of fused-ring (bicyclic) bond motifs is 1. The van der Waals surface area contributed by atoms with Crippen LogP contribution in [0.3, 0.4) is 0 Å². The molecule has 3 nitrogen and oxygen atoms in total. The van der Waals surface area contributed by atoms with Gasteiger partial charge < -0.3 is 4.98 Å². The number of nitrogens with zero attached hydrogens (tertiary/aromatic N) is 1. The predicted octanol–water partition coefficient (Wildman–Crippen LogP) is -0.986. The predicted molar refractivity (Wildman–Crippen MR) is 37.5 cm³/mol. The standard InChI is InChI=1S/C7H4N2O/c10-4-5-3-7-6(9-5)1-2-8-7/h1-3,9H. The van der Waals surface area contributed by atoms with Gasteiger partial charge in [0.05, 0.1) is 11.0 Å². The van der Waals surface area contributed by atoms with E-state index in [1.165, 1.54) is 0 Å². The molecule has 1 aliphatic rings. The lowest BCUT2D eigenvalue weighted by Crippen LogP contribution is -2.09. The lowest BCUT2D eigenvalue weighted by molar-refractivity contribution is 0.567. The zero-order valence-electron chi connectivity index (χ0n) is 5.09. The maximum absolute atomic E-state index is 10.1. The average molecular weight is 132 g/mol. The molecular formula is C7H4N2O. The minimum Gasteiger partial charge on any atom is -0.345 e. The van der Waals surface area contributed by atoms with E-state index in [0.717, 1.165) is 11.0 Å². The van der Waals surface area contributed by atoms with Crippen molar-refractivity contribution in [3.8, 4) is 0 Å². The molecule has 0 unspecified atom stereocenters. The third-order valence-corrected chi connectivity index (χ3v) is 1.39. The Kier molecular flexibility index (Phi) is 0.879. The van der Waals surface area contributed by atoms with E-state index >= 15 is 0 Å². The van der Waals surface area contributed by atoms with Gasteiger partial charge in [0.25, 0.3) is 0 Å². The van der Waals surface area contributed by atoms with Crippen molar-refractivity contribution < 1.29 is 4.79 Å². The summed E-state index contributed by atoms with van der Waals surface area (Å²) in [6, 6.07) is 1.67. The molecule has 0 saturated carbocycles. The first-order chi connectivity index (χ1) is 4.90. The van der Waals surface area contributed by atoms with E-state index in [1.54, 1.807) is 18.2 Å². The van der Waals surface area contributed by atoms with Gasteiger partial charge in [0, 0.05) is 12.3 Å². The topological polar surface area (TPSA) is 45.2 Å². The zero-order chi connectivity index (χ0) is 6.97. The van der Waals surface area contributed by atoms with Crippen LogP contribution in [0.2, 0.25) is 0 Å². The van der Waals surface area contributed by atoms with Crippen molar-refractivity contribution in [1.29, 1.82) is 0 Å². The van der Waals surface area contributed by atoms with Gasteiger partial charge in [0.1, 0.15) is 5.35 Å². The second kappa shape index (κ2) is 1.69. The van der Waals surface area contributed by atoms with Crippen LogP contribution < -0.4 is 10.7 Å². The summed E-state index contributed by atoms with van der Waals surface area (Å²) in [4.78, 5) is 16.9. The maximum Gasteiger partial charge on any atom is 0.150 e. The van der Waals surface area contributed by atoms with Gasteiger partial charge in [-0.1, -0.05) is 0 Å². The van der Waals surface area contributed by atoms with Crippen LogP contribution in [0.4, 0.5) is 5.69 Å². The van der Waals surface area contributed by atoms with Crippen LogP contribution in [0.15, 0.2) is 11.1 Å². The number of nitrogens with one attached hydrogen (secondary N) is 1. The molecule has 0 aromatic carbocycles. The second-order valence-corrected chi connectivity index (χ2v) is 2.03. The van der Waals surface area contributed by atoms with Gasteiger partial charge >= 0.3 is 0 Å². The Morgan fingerprint density at radius 2 is 2.50 bits per heavy atom. The first kappa shape index (κ1) is 5.21. The third kappa shape index (κ3) is 0.551.